The molecule has 7 nitrogen and oxygen atoms in total. The number of aliphatic imine (C=N–C) groups is 1. The molecule has 0 atom stereocenters. The zero-order chi connectivity index (χ0) is 18.8. The molecule has 1 amide bonds. The Morgan fingerprint density at radius 3 is 2.63 bits per heavy atom. The number of aromatic nitrogens is 2. The van der Waals surface area contributed by atoms with Crippen LogP contribution in [0.25, 0.3) is 0 Å². The number of aryl methyl sites for hydroxylation is 2. The molecule has 0 saturated heterocycles. The largest absolute Gasteiger partial charge is 0.357 e. The molecule has 2 heterocycles. The van der Waals surface area contributed by atoms with Gasteiger partial charge in [-0.1, -0.05) is 6.07 Å². The van der Waals surface area contributed by atoms with Crippen LogP contribution in [0.15, 0.2) is 29.5 Å². The van der Waals surface area contributed by atoms with E-state index in [-0.39, 0.29) is 29.9 Å². The maximum Gasteiger partial charge on any atom is 0.227 e. The van der Waals surface area contributed by atoms with Crippen molar-refractivity contribution in [2.75, 3.05) is 25.0 Å². The molecule has 27 heavy (non-hydrogen) atoms. The van der Waals surface area contributed by atoms with Gasteiger partial charge in [-0.2, -0.15) is 0 Å². The second-order valence-electron chi connectivity index (χ2n) is 5.82. The van der Waals surface area contributed by atoms with Crippen molar-refractivity contribution >= 4 is 53.0 Å². The van der Waals surface area contributed by atoms with Crippen molar-refractivity contribution in [2.24, 2.45) is 4.99 Å². The molecule has 0 fully saturated rings. The lowest BCUT2D eigenvalue weighted by molar-refractivity contribution is -0.116. The number of guanidine groups is 1. The van der Waals surface area contributed by atoms with E-state index >= 15 is 0 Å². The fourth-order valence-corrected chi connectivity index (χ4v) is 2.94. The molecule has 0 spiro atoms. The first-order valence-electron chi connectivity index (χ1n) is 8.73. The minimum absolute atomic E-state index is 0. The van der Waals surface area contributed by atoms with Gasteiger partial charge in [0.2, 0.25) is 5.91 Å². The van der Waals surface area contributed by atoms with Gasteiger partial charge in [0.1, 0.15) is 5.82 Å². The first kappa shape index (κ1) is 23.3. The van der Waals surface area contributed by atoms with Crippen LogP contribution in [0, 0.1) is 13.8 Å². The van der Waals surface area contributed by atoms with Gasteiger partial charge in [-0.15, -0.1) is 35.3 Å². The Hall–Kier alpha value is -1.75. The van der Waals surface area contributed by atoms with Crippen LogP contribution in [-0.2, 0) is 11.2 Å². The van der Waals surface area contributed by atoms with Gasteiger partial charge in [-0.3, -0.25) is 9.79 Å². The number of nitrogens with zero attached hydrogens (tertiary/aromatic N) is 3. The Morgan fingerprint density at radius 1 is 1.19 bits per heavy atom. The zero-order valence-electron chi connectivity index (χ0n) is 15.9. The van der Waals surface area contributed by atoms with Gasteiger partial charge in [0.15, 0.2) is 5.96 Å². The summed E-state index contributed by atoms with van der Waals surface area (Å²) in [4.78, 5) is 26.2. The predicted molar refractivity (Wildman–Crippen MR) is 122 cm³/mol. The summed E-state index contributed by atoms with van der Waals surface area (Å²) in [6, 6.07) is 3.72. The van der Waals surface area contributed by atoms with Crippen molar-refractivity contribution in [2.45, 2.75) is 33.6 Å². The van der Waals surface area contributed by atoms with Crippen molar-refractivity contribution in [1.29, 1.82) is 0 Å². The Morgan fingerprint density at radius 2 is 2.00 bits per heavy atom. The Balaban J connectivity index is 0.00000364. The summed E-state index contributed by atoms with van der Waals surface area (Å²) < 4.78 is 0. The average Bonchev–Trinajstić information content (AvgIpc) is 3.02. The lowest BCUT2D eigenvalue weighted by atomic mass is 10.3. The zero-order valence-corrected chi connectivity index (χ0v) is 19.1. The molecule has 0 aliphatic carbocycles. The predicted octanol–water partition coefficient (Wildman–Crippen LogP) is 2.90. The molecule has 0 aliphatic heterocycles. The summed E-state index contributed by atoms with van der Waals surface area (Å²) in [6.07, 6.45) is 4.77. The van der Waals surface area contributed by atoms with E-state index in [1.165, 1.54) is 4.88 Å². The first-order valence-corrected chi connectivity index (χ1v) is 9.54. The van der Waals surface area contributed by atoms with Crippen molar-refractivity contribution in [1.82, 2.24) is 20.6 Å². The van der Waals surface area contributed by atoms with Crippen molar-refractivity contribution < 1.29 is 4.79 Å². The van der Waals surface area contributed by atoms with Gasteiger partial charge in [-0.05, 0) is 32.4 Å². The van der Waals surface area contributed by atoms with E-state index in [9.17, 15) is 4.79 Å². The number of thiazole rings is 1. The Kier molecular flexibility index (Phi) is 10.9. The van der Waals surface area contributed by atoms with Crippen LogP contribution in [0.5, 0.6) is 0 Å². The fourth-order valence-electron chi connectivity index (χ4n) is 2.16. The highest BCUT2D eigenvalue weighted by Crippen LogP contribution is 2.11. The average molecular weight is 502 g/mol. The summed E-state index contributed by atoms with van der Waals surface area (Å²) in [6.45, 7) is 7.94. The number of amides is 1. The van der Waals surface area contributed by atoms with E-state index in [2.05, 4.69) is 30.9 Å². The third-order valence-electron chi connectivity index (χ3n) is 3.43. The summed E-state index contributed by atoms with van der Waals surface area (Å²) in [5.74, 6) is 1.20. The van der Waals surface area contributed by atoms with E-state index in [0.29, 0.717) is 31.3 Å². The molecule has 0 saturated carbocycles. The van der Waals surface area contributed by atoms with Crippen LogP contribution in [0.1, 0.15) is 28.8 Å². The lowest BCUT2D eigenvalue weighted by Gasteiger charge is -2.11. The molecule has 2 rings (SSSR count). The quantitative estimate of drug-likeness (QED) is 0.294. The number of carbonyl (C=O) groups is 1. The molecule has 0 bridgehead atoms. The standard InChI is InChI=1S/C18H26N6OS.HI/c1-4-19-18(21-10-8-17-23-12-14(3)26-17)20-9-7-16(25)24-15-6-5-13(2)11-22-15;/h5-6,11-12H,4,7-10H2,1-3H3,(H2,19,20,21)(H,22,24,25);1H. The number of pyridine rings is 1. The summed E-state index contributed by atoms with van der Waals surface area (Å²) in [5.41, 5.74) is 1.06. The maximum atomic E-state index is 12.0. The van der Waals surface area contributed by atoms with Crippen molar-refractivity contribution in [3.8, 4) is 0 Å². The third-order valence-corrected chi connectivity index (χ3v) is 4.40. The van der Waals surface area contributed by atoms with E-state index in [1.54, 1.807) is 23.6 Å². The summed E-state index contributed by atoms with van der Waals surface area (Å²) in [7, 11) is 0. The van der Waals surface area contributed by atoms with Gasteiger partial charge in [0.05, 0.1) is 5.01 Å². The Labute approximate surface area is 181 Å². The smallest absolute Gasteiger partial charge is 0.227 e. The van der Waals surface area contributed by atoms with E-state index in [1.807, 2.05) is 33.0 Å². The molecular formula is C18H27IN6OS. The second kappa shape index (κ2) is 12.6. The minimum atomic E-state index is -0.0806. The van der Waals surface area contributed by atoms with Crippen molar-refractivity contribution in [3.05, 3.63) is 40.0 Å². The normalized spacial score (nSPS) is 10.9. The SMILES string of the molecule is CCNC(=NCCc1ncc(C)s1)NCCC(=O)Nc1ccc(C)cn1.I. The topological polar surface area (TPSA) is 91.3 Å². The lowest BCUT2D eigenvalue weighted by Crippen LogP contribution is -2.38. The number of carbonyl (C=O) groups excluding carboxylic acids is 1. The van der Waals surface area contributed by atoms with Gasteiger partial charge in [-0.25, -0.2) is 9.97 Å². The van der Waals surface area contributed by atoms with Crippen LogP contribution in [0.3, 0.4) is 0 Å². The molecular weight excluding hydrogens is 475 g/mol. The molecule has 148 valence electrons. The highest BCUT2D eigenvalue weighted by molar-refractivity contribution is 14.0. The van der Waals surface area contributed by atoms with E-state index < -0.39 is 0 Å². The highest BCUT2D eigenvalue weighted by atomic mass is 127. The maximum absolute atomic E-state index is 12.0. The number of hydrogen-bond acceptors (Lipinski definition) is 5. The van der Waals surface area contributed by atoms with Gasteiger partial charge >= 0.3 is 0 Å². The molecule has 0 unspecified atom stereocenters. The van der Waals surface area contributed by atoms with E-state index in [4.69, 9.17) is 0 Å². The van der Waals surface area contributed by atoms with Crippen molar-refractivity contribution in [3.63, 3.8) is 0 Å². The Bertz CT molecular complexity index is 732. The van der Waals surface area contributed by atoms with Crippen LogP contribution >= 0.6 is 35.3 Å². The minimum Gasteiger partial charge on any atom is -0.357 e. The molecule has 0 radical (unpaired) electrons. The second-order valence-corrected chi connectivity index (χ2v) is 7.14. The molecule has 2 aromatic rings. The van der Waals surface area contributed by atoms with E-state index in [0.717, 1.165) is 23.5 Å². The third kappa shape index (κ3) is 9.14. The van der Waals surface area contributed by atoms with Crippen LogP contribution in [-0.4, -0.2) is 41.5 Å². The summed E-state index contributed by atoms with van der Waals surface area (Å²) in [5, 5.41) is 10.2. The number of hydrogen-bond donors (Lipinski definition) is 3. The van der Waals surface area contributed by atoms with Crippen LogP contribution < -0.4 is 16.0 Å². The van der Waals surface area contributed by atoms with Crippen LogP contribution in [0.2, 0.25) is 0 Å². The van der Waals surface area contributed by atoms with Gasteiger partial charge < -0.3 is 16.0 Å². The first-order chi connectivity index (χ1) is 12.6. The van der Waals surface area contributed by atoms with Gasteiger partial charge in [0.25, 0.3) is 0 Å². The monoisotopic (exact) mass is 502 g/mol. The summed E-state index contributed by atoms with van der Waals surface area (Å²) >= 11 is 1.70. The highest BCUT2D eigenvalue weighted by Gasteiger charge is 2.04. The number of nitrogens with one attached hydrogen (secondary N) is 3. The van der Waals surface area contributed by atoms with Crippen LogP contribution in [0.4, 0.5) is 5.82 Å². The number of anilines is 1. The molecule has 2 aromatic heterocycles. The fraction of sp³-hybridized carbons (Fsp3) is 0.444. The number of halogens is 1. The van der Waals surface area contributed by atoms with Gasteiger partial charge in [0, 0.05) is 49.7 Å². The molecule has 9 heteroatoms. The number of rotatable bonds is 8. The molecule has 0 aliphatic rings. The molecule has 0 aromatic carbocycles. The molecule has 3 N–H and O–H groups in total.